The molecule has 0 spiro atoms. The van der Waals surface area contributed by atoms with Gasteiger partial charge < -0.3 is 13.9 Å². The van der Waals surface area contributed by atoms with Crippen LogP contribution in [-0.4, -0.2) is 40.4 Å². The zero-order valence-corrected chi connectivity index (χ0v) is 27.8. The van der Waals surface area contributed by atoms with Gasteiger partial charge in [0.05, 0.1) is 18.5 Å². The van der Waals surface area contributed by atoms with Gasteiger partial charge in [-0.2, -0.15) is 10.2 Å². The molecule has 4 aromatic heterocycles. The molecule has 1 N–H and O–H groups in total. The fraction of sp³-hybridized carbons (Fsp3) is 0.306. The molecule has 0 aliphatic rings. The molecule has 0 aliphatic carbocycles. The lowest BCUT2D eigenvalue weighted by Gasteiger charge is -2.11. The third-order valence-electron chi connectivity index (χ3n) is 7.69. The summed E-state index contributed by atoms with van der Waals surface area (Å²) in [7, 11) is 0. The van der Waals surface area contributed by atoms with Crippen LogP contribution in [-0.2, 0) is 25.9 Å². The van der Waals surface area contributed by atoms with Gasteiger partial charge in [0.15, 0.2) is 17.6 Å². The number of halogens is 2. The summed E-state index contributed by atoms with van der Waals surface area (Å²) in [5.41, 5.74) is 5.26. The lowest BCUT2D eigenvalue weighted by Crippen LogP contribution is -1.99. The molecule has 0 radical (unpaired) electrons. The number of Topliss-reactive ketones (excluding diaryl/α,β-unsaturated/α-hetero) is 1. The molecule has 1 unspecified atom stereocenters. The van der Waals surface area contributed by atoms with E-state index in [-0.39, 0.29) is 11.6 Å². The second-order valence-corrected chi connectivity index (χ2v) is 11.4. The number of carbonyl (C=O) groups is 1. The van der Waals surface area contributed by atoms with Gasteiger partial charge in [0, 0.05) is 68.9 Å². The van der Waals surface area contributed by atoms with Crippen molar-refractivity contribution in [2.24, 2.45) is 0 Å². The second kappa shape index (κ2) is 14.7. The van der Waals surface area contributed by atoms with Crippen LogP contribution in [0.5, 0.6) is 0 Å². The molecule has 2 aromatic carbocycles. The van der Waals surface area contributed by atoms with Gasteiger partial charge in [0.25, 0.3) is 0 Å². The van der Waals surface area contributed by atoms with Gasteiger partial charge in [-0.3, -0.25) is 14.2 Å². The Bertz CT molecular complexity index is 2040. The quantitative estimate of drug-likeness (QED) is 0.151. The standard InChI is InChI=1S/C18H20FN3O2.C18H18FN3O2/c2*1-4-22-10-13(9-20-22)7-17-18(21-12(3)24-17)15-6-5-14(19)8-16(15)11(2)23/h5-6,8-11,23H,4,7H2,1-3H3;5-6,8-10H,4,7H2,1-3H3. The van der Waals surface area contributed by atoms with E-state index in [0.29, 0.717) is 69.8 Å². The monoisotopic (exact) mass is 656 g/mol. The highest BCUT2D eigenvalue weighted by molar-refractivity contribution is 6.00. The smallest absolute Gasteiger partial charge is 0.191 e. The van der Waals surface area contributed by atoms with E-state index >= 15 is 0 Å². The number of aliphatic hydroxyl groups excluding tert-OH is 1. The van der Waals surface area contributed by atoms with Crippen molar-refractivity contribution in [3.8, 4) is 22.5 Å². The summed E-state index contributed by atoms with van der Waals surface area (Å²) in [5, 5.41) is 18.5. The predicted molar refractivity (Wildman–Crippen MR) is 175 cm³/mol. The minimum Gasteiger partial charge on any atom is -0.445 e. The van der Waals surface area contributed by atoms with Crippen molar-refractivity contribution in [2.45, 2.75) is 73.6 Å². The first kappa shape index (κ1) is 34.1. The molecule has 250 valence electrons. The lowest BCUT2D eigenvalue weighted by atomic mass is 9.98. The first-order valence-corrected chi connectivity index (χ1v) is 15.7. The number of ketones is 1. The van der Waals surface area contributed by atoms with E-state index in [9.17, 15) is 18.7 Å². The Morgan fingerprint density at radius 1 is 0.812 bits per heavy atom. The molecular formula is C36H38F2N6O4. The topological polar surface area (TPSA) is 125 Å². The predicted octanol–water partition coefficient (Wildman–Crippen LogP) is 7.45. The van der Waals surface area contributed by atoms with Gasteiger partial charge in [0.2, 0.25) is 0 Å². The first-order valence-electron chi connectivity index (χ1n) is 15.7. The molecule has 0 fully saturated rings. The number of rotatable bonds is 10. The van der Waals surface area contributed by atoms with Crippen molar-refractivity contribution < 1.29 is 27.5 Å². The number of oxazole rings is 2. The Morgan fingerprint density at radius 3 is 1.75 bits per heavy atom. The van der Waals surface area contributed by atoms with Crippen molar-refractivity contribution >= 4 is 5.78 Å². The number of aliphatic hydroxyl groups is 1. The zero-order valence-electron chi connectivity index (χ0n) is 27.8. The van der Waals surface area contributed by atoms with Crippen molar-refractivity contribution in [3.05, 3.63) is 118 Å². The number of aryl methyl sites for hydroxylation is 4. The van der Waals surface area contributed by atoms with Crippen molar-refractivity contribution in [3.63, 3.8) is 0 Å². The van der Waals surface area contributed by atoms with Gasteiger partial charge in [0.1, 0.15) is 34.5 Å². The van der Waals surface area contributed by atoms with E-state index in [2.05, 4.69) is 20.2 Å². The Labute approximate surface area is 277 Å². The fourth-order valence-corrected chi connectivity index (χ4v) is 5.42. The molecule has 4 heterocycles. The van der Waals surface area contributed by atoms with Crippen molar-refractivity contribution in [1.82, 2.24) is 29.5 Å². The Hall–Kier alpha value is -5.23. The van der Waals surface area contributed by atoms with Crippen LogP contribution in [0.4, 0.5) is 8.78 Å². The maximum Gasteiger partial charge on any atom is 0.191 e. The summed E-state index contributed by atoms with van der Waals surface area (Å²) in [6.45, 7) is 12.2. The van der Waals surface area contributed by atoms with E-state index in [1.807, 2.05) is 35.6 Å². The molecular weight excluding hydrogens is 618 g/mol. The molecule has 0 amide bonds. The third-order valence-corrected chi connectivity index (χ3v) is 7.69. The lowest BCUT2D eigenvalue weighted by molar-refractivity contribution is 0.101. The van der Waals surface area contributed by atoms with Crippen LogP contribution in [0.15, 0.2) is 70.0 Å². The summed E-state index contributed by atoms with van der Waals surface area (Å²) in [6.07, 6.45) is 7.72. The molecule has 12 heteroatoms. The van der Waals surface area contributed by atoms with E-state index in [1.165, 1.54) is 31.2 Å². The Balaban J connectivity index is 0.000000188. The van der Waals surface area contributed by atoms with Gasteiger partial charge in [-0.15, -0.1) is 0 Å². The highest BCUT2D eigenvalue weighted by Gasteiger charge is 2.21. The molecule has 1 atom stereocenters. The van der Waals surface area contributed by atoms with Crippen LogP contribution in [0, 0.1) is 25.5 Å². The van der Waals surface area contributed by atoms with Crippen LogP contribution in [0.3, 0.4) is 0 Å². The number of aromatic nitrogens is 6. The molecule has 6 aromatic rings. The molecule has 0 saturated carbocycles. The van der Waals surface area contributed by atoms with Crippen LogP contribution < -0.4 is 0 Å². The Morgan fingerprint density at radius 2 is 1.29 bits per heavy atom. The molecule has 48 heavy (non-hydrogen) atoms. The zero-order chi connectivity index (χ0) is 34.5. The largest absolute Gasteiger partial charge is 0.445 e. The van der Waals surface area contributed by atoms with E-state index in [0.717, 1.165) is 24.2 Å². The maximum absolute atomic E-state index is 13.6. The van der Waals surface area contributed by atoms with Gasteiger partial charge in [-0.25, -0.2) is 18.7 Å². The summed E-state index contributed by atoms with van der Waals surface area (Å²) in [4.78, 5) is 20.7. The molecule has 10 nitrogen and oxygen atoms in total. The minimum absolute atomic E-state index is 0.213. The van der Waals surface area contributed by atoms with Crippen LogP contribution in [0.2, 0.25) is 0 Å². The maximum atomic E-state index is 13.6. The summed E-state index contributed by atoms with van der Waals surface area (Å²) in [5.74, 6) is 1.30. The summed E-state index contributed by atoms with van der Waals surface area (Å²) < 4.78 is 42.2. The normalized spacial score (nSPS) is 11.8. The summed E-state index contributed by atoms with van der Waals surface area (Å²) in [6, 6.07) is 8.47. The first-order chi connectivity index (χ1) is 22.9. The SMILES string of the molecule is CCn1cc(Cc2oc(C)nc2-c2ccc(F)cc2C(C)=O)cn1.CCn1cc(Cc2oc(C)nc2-c2ccc(F)cc2C(C)O)cn1. The minimum atomic E-state index is -0.802. The molecule has 0 saturated heterocycles. The molecule has 6 rings (SSSR count). The summed E-state index contributed by atoms with van der Waals surface area (Å²) >= 11 is 0. The molecule has 0 aliphatic heterocycles. The van der Waals surface area contributed by atoms with Crippen molar-refractivity contribution in [1.29, 1.82) is 0 Å². The fourth-order valence-electron chi connectivity index (χ4n) is 5.42. The molecule has 0 bridgehead atoms. The number of hydrogen-bond acceptors (Lipinski definition) is 8. The van der Waals surface area contributed by atoms with Gasteiger partial charge >= 0.3 is 0 Å². The van der Waals surface area contributed by atoms with Crippen LogP contribution >= 0.6 is 0 Å². The highest BCUT2D eigenvalue weighted by Crippen LogP contribution is 2.33. The van der Waals surface area contributed by atoms with Crippen LogP contribution in [0.25, 0.3) is 22.5 Å². The average molecular weight is 657 g/mol. The second-order valence-electron chi connectivity index (χ2n) is 11.4. The third kappa shape index (κ3) is 7.83. The van der Waals surface area contributed by atoms with Crippen molar-refractivity contribution in [2.75, 3.05) is 0 Å². The Kier molecular flexibility index (Phi) is 10.4. The number of carbonyl (C=O) groups excluding carboxylic acids is 1. The number of benzene rings is 2. The van der Waals surface area contributed by atoms with Gasteiger partial charge in [-0.05, 0) is 80.8 Å². The average Bonchev–Trinajstić information content (AvgIpc) is 3.85. The number of nitrogens with zero attached hydrogens (tertiary/aromatic N) is 6. The van der Waals surface area contributed by atoms with Crippen LogP contribution in [0.1, 0.15) is 84.1 Å². The number of hydrogen-bond donors (Lipinski definition) is 1. The van der Waals surface area contributed by atoms with E-state index in [1.54, 1.807) is 45.3 Å². The highest BCUT2D eigenvalue weighted by atomic mass is 19.1. The van der Waals surface area contributed by atoms with E-state index in [4.69, 9.17) is 8.83 Å². The van der Waals surface area contributed by atoms with E-state index < -0.39 is 11.9 Å². The van der Waals surface area contributed by atoms with Gasteiger partial charge in [-0.1, -0.05) is 0 Å².